The standard InChI is InChI=1S/C23H16N4O2S3/c1-30-23-25-19-18(32-23)10-13(20-24-16-8-4-5-9-17(16)31-20)11-26(19)12-27-21(28)14-6-2-3-7-15(14)22(27)29/h2-11,23H,12H2,1H3/p+1. The van der Waals surface area contributed by atoms with Crippen LogP contribution in [0.5, 0.6) is 0 Å². The van der Waals surface area contributed by atoms with Gasteiger partial charge in [0.25, 0.3) is 17.6 Å². The van der Waals surface area contributed by atoms with E-state index in [2.05, 4.69) is 23.7 Å². The third-order valence-electron chi connectivity index (χ3n) is 5.52. The lowest BCUT2D eigenvalue weighted by atomic mass is 10.1. The molecule has 2 aliphatic heterocycles. The average molecular weight is 478 g/mol. The molecule has 1 atom stereocenters. The van der Waals surface area contributed by atoms with Gasteiger partial charge in [-0.15, -0.1) is 23.1 Å². The van der Waals surface area contributed by atoms with E-state index in [-0.39, 0.29) is 23.2 Å². The average Bonchev–Trinajstić information content (AvgIpc) is 3.50. The number of amides is 2. The first-order chi connectivity index (χ1) is 15.6. The van der Waals surface area contributed by atoms with Crippen LogP contribution in [0.4, 0.5) is 5.82 Å². The van der Waals surface area contributed by atoms with Crippen molar-refractivity contribution in [2.24, 2.45) is 0 Å². The number of anilines is 1. The van der Waals surface area contributed by atoms with Crippen molar-refractivity contribution in [3.63, 3.8) is 0 Å². The molecule has 0 saturated heterocycles. The minimum Gasteiger partial charge on any atom is -0.268 e. The maximum Gasteiger partial charge on any atom is 0.291 e. The summed E-state index contributed by atoms with van der Waals surface area (Å²) in [6.07, 6.45) is 4.04. The topological polar surface area (TPSA) is 66.2 Å². The number of thioether (sulfide) groups is 2. The van der Waals surface area contributed by atoms with Gasteiger partial charge in [-0.25, -0.2) is 14.5 Å². The highest BCUT2D eigenvalue weighted by atomic mass is 32.2. The summed E-state index contributed by atoms with van der Waals surface area (Å²) in [6.45, 7) is 0.141. The van der Waals surface area contributed by atoms with E-state index in [9.17, 15) is 9.59 Å². The van der Waals surface area contributed by atoms with Gasteiger partial charge in [-0.1, -0.05) is 36.0 Å². The van der Waals surface area contributed by atoms with E-state index in [1.54, 1.807) is 59.1 Å². The lowest BCUT2D eigenvalue weighted by molar-refractivity contribution is -0.696. The highest BCUT2D eigenvalue weighted by molar-refractivity contribution is 8.17. The molecule has 4 aromatic rings. The fourth-order valence-electron chi connectivity index (χ4n) is 3.97. The van der Waals surface area contributed by atoms with Gasteiger partial charge in [-0.3, -0.25) is 14.9 Å². The minimum atomic E-state index is -0.260. The van der Waals surface area contributed by atoms with E-state index in [0.717, 1.165) is 31.5 Å². The van der Waals surface area contributed by atoms with Gasteiger partial charge in [0.15, 0.2) is 11.4 Å². The molecule has 0 fully saturated rings. The summed E-state index contributed by atoms with van der Waals surface area (Å²) in [5, 5.41) is 4.42. The molecule has 158 valence electrons. The monoisotopic (exact) mass is 477 g/mol. The van der Waals surface area contributed by atoms with Crippen LogP contribution < -0.4 is 9.88 Å². The number of imide groups is 1. The second-order valence-electron chi connectivity index (χ2n) is 7.45. The van der Waals surface area contributed by atoms with Gasteiger partial charge in [0, 0.05) is 0 Å². The number of para-hydroxylation sites is 1. The maximum atomic E-state index is 13.0. The van der Waals surface area contributed by atoms with Crippen LogP contribution in [0.3, 0.4) is 0 Å². The van der Waals surface area contributed by atoms with E-state index in [0.29, 0.717) is 11.1 Å². The molecule has 1 unspecified atom stereocenters. The third kappa shape index (κ3) is 3.11. The van der Waals surface area contributed by atoms with Crippen molar-refractivity contribution in [3.05, 3.63) is 71.9 Å². The first kappa shape index (κ1) is 19.8. The Balaban J connectivity index is 1.43. The predicted molar refractivity (Wildman–Crippen MR) is 129 cm³/mol. The highest BCUT2D eigenvalue weighted by Crippen LogP contribution is 2.42. The minimum absolute atomic E-state index is 0.141. The molecule has 9 heteroatoms. The number of thiazole rings is 1. The summed E-state index contributed by atoms with van der Waals surface area (Å²) in [4.78, 5) is 33.1. The second kappa shape index (κ2) is 7.61. The molecular formula is C23H17N4O2S3+. The lowest BCUT2D eigenvalue weighted by Gasteiger charge is -2.15. The molecule has 2 aliphatic rings. The number of carbonyl (C=O) groups excluding carboxylic acids is 2. The Labute approximate surface area is 196 Å². The number of nitrogens with zero attached hydrogens (tertiary/aromatic N) is 3. The Morgan fingerprint density at radius 1 is 1.09 bits per heavy atom. The van der Waals surface area contributed by atoms with Crippen LogP contribution >= 0.6 is 34.9 Å². The highest BCUT2D eigenvalue weighted by Gasteiger charge is 2.39. The number of hydrogen-bond donors (Lipinski definition) is 1. The van der Waals surface area contributed by atoms with Crippen molar-refractivity contribution < 1.29 is 14.2 Å². The van der Waals surface area contributed by atoms with Crippen molar-refractivity contribution in [1.82, 2.24) is 9.88 Å². The van der Waals surface area contributed by atoms with Gasteiger partial charge < -0.3 is 0 Å². The summed E-state index contributed by atoms with van der Waals surface area (Å²) < 4.78 is 3.26. The van der Waals surface area contributed by atoms with Crippen LogP contribution in [0.15, 0.2) is 65.7 Å². The number of aromatic nitrogens is 2. The van der Waals surface area contributed by atoms with Crippen LogP contribution in [0.25, 0.3) is 20.8 Å². The molecule has 0 radical (unpaired) electrons. The SMILES string of the molecule is CSC1Nc2c(cc(-c3nc4ccccc4s3)c[n+]2CN2C(=O)c3ccccc3C2=O)S1. The van der Waals surface area contributed by atoms with E-state index in [1.807, 2.05) is 29.0 Å². The summed E-state index contributed by atoms with van der Waals surface area (Å²) in [5.74, 6) is 0.393. The molecule has 2 aromatic heterocycles. The lowest BCUT2D eigenvalue weighted by Crippen LogP contribution is -2.47. The molecule has 2 amide bonds. The molecule has 1 N–H and O–H groups in total. The molecule has 32 heavy (non-hydrogen) atoms. The molecule has 0 aliphatic carbocycles. The molecule has 6 nitrogen and oxygen atoms in total. The third-order valence-corrected chi connectivity index (χ3v) is 8.91. The van der Waals surface area contributed by atoms with Crippen LogP contribution in [0.1, 0.15) is 20.7 Å². The Bertz CT molecular complexity index is 1350. The number of nitrogens with one attached hydrogen (secondary N) is 1. The summed E-state index contributed by atoms with van der Waals surface area (Å²) >= 11 is 5.09. The zero-order valence-corrected chi connectivity index (χ0v) is 19.4. The van der Waals surface area contributed by atoms with Gasteiger partial charge in [-0.05, 0) is 36.6 Å². The number of carbonyl (C=O) groups is 2. The normalized spacial score (nSPS) is 17.0. The Kier molecular flexibility index (Phi) is 4.71. The molecule has 4 heterocycles. The van der Waals surface area contributed by atoms with Crippen molar-refractivity contribution in [2.75, 3.05) is 11.6 Å². The Hall–Kier alpha value is -2.88. The Morgan fingerprint density at radius 2 is 1.81 bits per heavy atom. The maximum absolute atomic E-state index is 13.0. The summed E-state index contributed by atoms with van der Waals surface area (Å²) in [6, 6.07) is 17.2. The van der Waals surface area contributed by atoms with Crippen LogP contribution in [-0.2, 0) is 6.67 Å². The van der Waals surface area contributed by atoms with E-state index in [4.69, 9.17) is 4.98 Å². The van der Waals surface area contributed by atoms with Crippen LogP contribution in [-0.4, -0.2) is 32.7 Å². The quantitative estimate of drug-likeness (QED) is 0.340. The molecule has 6 rings (SSSR count). The van der Waals surface area contributed by atoms with Crippen molar-refractivity contribution in [1.29, 1.82) is 0 Å². The van der Waals surface area contributed by atoms with Crippen molar-refractivity contribution in [3.8, 4) is 10.6 Å². The zero-order valence-electron chi connectivity index (χ0n) is 16.9. The number of fused-ring (bicyclic) bond motifs is 3. The summed E-state index contributed by atoms with van der Waals surface area (Å²) in [5.41, 5.74) is 2.85. The van der Waals surface area contributed by atoms with Crippen molar-refractivity contribution in [2.45, 2.75) is 16.3 Å². The number of rotatable bonds is 4. The van der Waals surface area contributed by atoms with Gasteiger partial charge in [0.05, 0.1) is 26.9 Å². The van der Waals surface area contributed by atoms with E-state index >= 15 is 0 Å². The molecular weight excluding hydrogens is 460 g/mol. The van der Waals surface area contributed by atoms with Gasteiger partial charge >= 0.3 is 0 Å². The van der Waals surface area contributed by atoms with Crippen LogP contribution in [0, 0.1) is 0 Å². The fraction of sp³-hybridized carbons (Fsp3) is 0.130. The number of pyridine rings is 1. The van der Waals surface area contributed by atoms with Crippen molar-refractivity contribution >= 4 is 62.7 Å². The first-order valence-corrected chi connectivity index (χ1v) is 13.0. The molecule has 0 bridgehead atoms. The smallest absolute Gasteiger partial charge is 0.268 e. The first-order valence-electron chi connectivity index (χ1n) is 9.97. The molecule has 0 spiro atoms. The van der Waals surface area contributed by atoms with Gasteiger partial charge in [0.2, 0.25) is 0 Å². The molecule has 0 saturated carbocycles. The Morgan fingerprint density at radius 3 is 2.53 bits per heavy atom. The second-order valence-corrected chi connectivity index (χ2v) is 10.9. The van der Waals surface area contributed by atoms with Gasteiger partial charge in [0.1, 0.15) is 16.1 Å². The van der Waals surface area contributed by atoms with E-state index in [1.165, 1.54) is 4.90 Å². The largest absolute Gasteiger partial charge is 0.291 e. The zero-order chi connectivity index (χ0) is 21.8. The molecule has 2 aromatic carbocycles. The van der Waals surface area contributed by atoms with E-state index < -0.39 is 0 Å². The van der Waals surface area contributed by atoms with Crippen LogP contribution in [0.2, 0.25) is 0 Å². The number of benzene rings is 2. The number of hydrogen-bond acceptors (Lipinski definition) is 7. The fourth-order valence-corrected chi connectivity index (χ4v) is 6.73. The predicted octanol–water partition coefficient (Wildman–Crippen LogP) is 4.67. The van der Waals surface area contributed by atoms with Gasteiger partial charge in [-0.2, -0.15) is 0 Å². The summed E-state index contributed by atoms with van der Waals surface area (Å²) in [7, 11) is 0.